The number of aromatic carboxylic acids is 1. The Kier molecular flexibility index (Phi) is 5.20. The van der Waals surface area contributed by atoms with E-state index in [4.69, 9.17) is 5.11 Å². The van der Waals surface area contributed by atoms with Crippen LogP contribution < -0.4 is 10.6 Å². The molecule has 1 aliphatic rings. The largest absolute Gasteiger partial charge is 0.478 e. The molecular formula is C16H21N3O4. The van der Waals surface area contributed by atoms with Crippen molar-refractivity contribution in [1.82, 2.24) is 10.2 Å². The van der Waals surface area contributed by atoms with Crippen molar-refractivity contribution in [2.45, 2.75) is 38.8 Å². The standard InChI is InChI=1S/C16H21N3O4/c1-10(2)17-16(23)19-9-3-4-13(19)14(20)18-12-7-5-11(6-8-12)15(21)22/h5-8,10,13H,3-4,9H2,1-2H3,(H,17,23)(H,18,20)(H,21,22)/t13-/m0/s1. The van der Waals surface area contributed by atoms with Gasteiger partial charge in [-0.2, -0.15) is 0 Å². The Morgan fingerprint density at radius 1 is 1.22 bits per heavy atom. The molecule has 0 unspecified atom stereocenters. The van der Waals surface area contributed by atoms with E-state index in [0.717, 1.165) is 6.42 Å². The van der Waals surface area contributed by atoms with Crippen molar-refractivity contribution in [3.63, 3.8) is 0 Å². The Morgan fingerprint density at radius 2 is 1.87 bits per heavy atom. The third-order valence-corrected chi connectivity index (χ3v) is 3.63. The predicted octanol–water partition coefficient (Wildman–Crippen LogP) is 1.91. The number of urea groups is 1. The van der Waals surface area contributed by atoms with Crippen LogP contribution in [0.4, 0.5) is 10.5 Å². The molecule has 0 aliphatic carbocycles. The fourth-order valence-corrected chi connectivity index (χ4v) is 2.53. The molecule has 2 rings (SSSR count). The van der Waals surface area contributed by atoms with Gasteiger partial charge in [-0.25, -0.2) is 9.59 Å². The summed E-state index contributed by atoms with van der Waals surface area (Å²) >= 11 is 0. The average molecular weight is 319 g/mol. The first kappa shape index (κ1) is 16.8. The molecule has 0 spiro atoms. The highest BCUT2D eigenvalue weighted by molar-refractivity contribution is 5.97. The van der Waals surface area contributed by atoms with Gasteiger partial charge < -0.3 is 20.6 Å². The van der Waals surface area contributed by atoms with Crippen LogP contribution in [0, 0.1) is 0 Å². The number of hydrogen-bond acceptors (Lipinski definition) is 3. The fraction of sp³-hybridized carbons (Fsp3) is 0.438. The lowest BCUT2D eigenvalue weighted by atomic mass is 10.2. The Bertz CT molecular complexity index is 598. The summed E-state index contributed by atoms with van der Waals surface area (Å²) in [6.45, 7) is 4.29. The SMILES string of the molecule is CC(C)NC(=O)N1CCC[C@H]1C(=O)Nc1ccc(C(=O)O)cc1. The second-order valence-corrected chi connectivity index (χ2v) is 5.83. The number of anilines is 1. The van der Waals surface area contributed by atoms with Crippen molar-refractivity contribution < 1.29 is 19.5 Å². The highest BCUT2D eigenvalue weighted by Gasteiger charge is 2.34. The highest BCUT2D eigenvalue weighted by atomic mass is 16.4. The molecule has 0 aromatic heterocycles. The summed E-state index contributed by atoms with van der Waals surface area (Å²) in [5.41, 5.74) is 0.665. The molecule has 0 saturated carbocycles. The Hall–Kier alpha value is -2.57. The first-order valence-electron chi connectivity index (χ1n) is 7.60. The fourth-order valence-electron chi connectivity index (χ4n) is 2.53. The summed E-state index contributed by atoms with van der Waals surface area (Å²) in [4.78, 5) is 36.9. The number of nitrogens with one attached hydrogen (secondary N) is 2. The maximum atomic E-state index is 12.4. The van der Waals surface area contributed by atoms with Crippen molar-refractivity contribution in [2.75, 3.05) is 11.9 Å². The number of carboxylic acids is 1. The van der Waals surface area contributed by atoms with Gasteiger partial charge in [-0.3, -0.25) is 4.79 Å². The zero-order chi connectivity index (χ0) is 17.0. The quantitative estimate of drug-likeness (QED) is 0.789. The zero-order valence-corrected chi connectivity index (χ0v) is 13.2. The van der Waals surface area contributed by atoms with Gasteiger partial charge >= 0.3 is 12.0 Å². The summed E-state index contributed by atoms with van der Waals surface area (Å²) in [5.74, 6) is -1.28. The van der Waals surface area contributed by atoms with Crippen LogP contribution in [0.1, 0.15) is 37.0 Å². The summed E-state index contributed by atoms with van der Waals surface area (Å²) in [6, 6.07) is 5.19. The number of rotatable bonds is 4. The van der Waals surface area contributed by atoms with Crippen molar-refractivity contribution >= 4 is 23.6 Å². The molecule has 1 aromatic rings. The number of carboxylic acid groups (broad SMARTS) is 1. The molecule has 23 heavy (non-hydrogen) atoms. The van der Waals surface area contributed by atoms with Crippen LogP contribution in [-0.4, -0.2) is 46.5 Å². The maximum absolute atomic E-state index is 12.4. The monoisotopic (exact) mass is 319 g/mol. The van der Waals surface area contributed by atoms with E-state index < -0.39 is 12.0 Å². The van der Waals surface area contributed by atoms with Gasteiger partial charge in [0.2, 0.25) is 5.91 Å². The van der Waals surface area contributed by atoms with Gasteiger partial charge in [0.05, 0.1) is 5.56 Å². The lowest BCUT2D eigenvalue weighted by molar-refractivity contribution is -0.119. The number of amides is 3. The van der Waals surface area contributed by atoms with E-state index in [0.29, 0.717) is 18.7 Å². The second-order valence-electron chi connectivity index (χ2n) is 5.83. The first-order valence-corrected chi connectivity index (χ1v) is 7.60. The van der Waals surface area contributed by atoms with Crippen LogP contribution in [0.2, 0.25) is 0 Å². The predicted molar refractivity (Wildman–Crippen MR) is 85.4 cm³/mol. The number of carbonyl (C=O) groups is 3. The van der Waals surface area contributed by atoms with Gasteiger partial charge in [-0.15, -0.1) is 0 Å². The van der Waals surface area contributed by atoms with Crippen LogP contribution in [0.3, 0.4) is 0 Å². The molecule has 124 valence electrons. The van der Waals surface area contributed by atoms with Gasteiger partial charge in [0.25, 0.3) is 0 Å². The molecule has 7 nitrogen and oxygen atoms in total. The third kappa shape index (κ3) is 4.21. The molecule has 0 radical (unpaired) electrons. The van der Waals surface area contributed by atoms with E-state index in [-0.39, 0.29) is 23.5 Å². The van der Waals surface area contributed by atoms with Gasteiger partial charge in [0.1, 0.15) is 6.04 Å². The second kappa shape index (κ2) is 7.13. The molecule has 7 heteroatoms. The number of hydrogen-bond donors (Lipinski definition) is 3. The highest BCUT2D eigenvalue weighted by Crippen LogP contribution is 2.19. The molecule has 1 atom stereocenters. The molecule has 1 fully saturated rings. The van der Waals surface area contributed by atoms with Crippen LogP contribution in [0.5, 0.6) is 0 Å². The van der Waals surface area contributed by atoms with Gasteiger partial charge in [0.15, 0.2) is 0 Å². The average Bonchev–Trinajstić information content (AvgIpc) is 2.96. The maximum Gasteiger partial charge on any atom is 0.335 e. The van der Waals surface area contributed by atoms with E-state index in [9.17, 15) is 14.4 Å². The van der Waals surface area contributed by atoms with Crippen molar-refractivity contribution in [3.8, 4) is 0 Å². The molecule has 0 bridgehead atoms. The van der Waals surface area contributed by atoms with Gasteiger partial charge in [-0.05, 0) is 51.0 Å². The van der Waals surface area contributed by atoms with Crippen molar-refractivity contribution in [3.05, 3.63) is 29.8 Å². The molecule has 1 saturated heterocycles. The Morgan fingerprint density at radius 3 is 2.43 bits per heavy atom. The van der Waals surface area contributed by atoms with Crippen LogP contribution in [0.15, 0.2) is 24.3 Å². The van der Waals surface area contributed by atoms with E-state index in [1.807, 2.05) is 13.8 Å². The topological polar surface area (TPSA) is 98.7 Å². The van der Waals surface area contributed by atoms with Gasteiger partial charge in [-0.1, -0.05) is 0 Å². The number of carbonyl (C=O) groups excluding carboxylic acids is 2. The first-order chi connectivity index (χ1) is 10.9. The van der Waals surface area contributed by atoms with Crippen LogP contribution in [-0.2, 0) is 4.79 Å². The van der Waals surface area contributed by atoms with Crippen LogP contribution >= 0.6 is 0 Å². The number of likely N-dealkylation sites (tertiary alicyclic amines) is 1. The van der Waals surface area contributed by atoms with E-state index in [1.54, 1.807) is 4.90 Å². The van der Waals surface area contributed by atoms with Crippen molar-refractivity contribution in [1.29, 1.82) is 0 Å². The van der Waals surface area contributed by atoms with E-state index in [1.165, 1.54) is 24.3 Å². The Labute approximate surface area is 134 Å². The van der Waals surface area contributed by atoms with E-state index in [2.05, 4.69) is 10.6 Å². The minimum Gasteiger partial charge on any atom is -0.478 e. The minimum absolute atomic E-state index is 0.00961. The normalized spacial score (nSPS) is 17.2. The molecule has 1 aromatic carbocycles. The van der Waals surface area contributed by atoms with Crippen LogP contribution in [0.25, 0.3) is 0 Å². The lowest BCUT2D eigenvalue weighted by Gasteiger charge is -2.25. The summed E-state index contributed by atoms with van der Waals surface area (Å²) in [6.07, 6.45) is 1.39. The smallest absolute Gasteiger partial charge is 0.335 e. The molecule has 3 N–H and O–H groups in total. The minimum atomic E-state index is -1.02. The summed E-state index contributed by atoms with van der Waals surface area (Å²) in [5, 5.41) is 14.4. The number of nitrogens with zero attached hydrogens (tertiary/aromatic N) is 1. The molecule has 1 heterocycles. The molecule has 1 aliphatic heterocycles. The lowest BCUT2D eigenvalue weighted by Crippen LogP contribution is -2.49. The van der Waals surface area contributed by atoms with Crippen molar-refractivity contribution in [2.24, 2.45) is 0 Å². The van der Waals surface area contributed by atoms with E-state index >= 15 is 0 Å². The third-order valence-electron chi connectivity index (χ3n) is 3.63. The number of benzene rings is 1. The Balaban J connectivity index is 2.01. The summed E-state index contributed by atoms with van der Waals surface area (Å²) in [7, 11) is 0. The molecular weight excluding hydrogens is 298 g/mol. The molecule has 3 amide bonds. The summed E-state index contributed by atoms with van der Waals surface area (Å²) < 4.78 is 0. The van der Waals surface area contributed by atoms with Gasteiger partial charge in [0, 0.05) is 18.3 Å². The zero-order valence-electron chi connectivity index (χ0n) is 13.2.